The molecule has 6 nitrogen and oxygen atoms in total. The molecule has 3 aromatic rings. The fourth-order valence-electron chi connectivity index (χ4n) is 4.20. The molecule has 0 radical (unpaired) electrons. The van der Waals surface area contributed by atoms with Crippen LogP contribution in [-0.2, 0) is 21.2 Å². The molecule has 1 unspecified atom stereocenters. The molecule has 1 aliphatic heterocycles. The molecule has 2 aromatic heterocycles. The van der Waals surface area contributed by atoms with Crippen LogP contribution in [0.5, 0.6) is 0 Å². The zero-order valence-electron chi connectivity index (χ0n) is 17.2. The van der Waals surface area contributed by atoms with Gasteiger partial charge >= 0.3 is 5.97 Å². The van der Waals surface area contributed by atoms with Crippen molar-refractivity contribution in [2.45, 2.75) is 60.3 Å². The molecule has 0 bridgehead atoms. The molecule has 0 saturated carbocycles. The molecule has 4 rings (SSSR count). The maximum Gasteiger partial charge on any atom is 0.304 e. The lowest BCUT2D eigenvalue weighted by atomic mass is 9.93. The van der Waals surface area contributed by atoms with E-state index in [-0.39, 0.29) is 17.2 Å². The van der Waals surface area contributed by atoms with Crippen LogP contribution in [0.3, 0.4) is 0 Å². The van der Waals surface area contributed by atoms with E-state index in [1.54, 1.807) is 6.07 Å². The Bertz CT molecular complexity index is 1260. The summed E-state index contributed by atoms with van der Waals surface area (Å²) < 4.78 is 27.2. The normalized spacial score (nSPS) is 16.6. The Kier molecular flexibility index (Phi) is 5.40. The predicted molar refractivity (Wildman–Crippen MR) is 117 cm³/mol. The zero-order chi connectivity index (χ0) is 21.6. The molecular weight excluding hydrogens is 420 g/mol. The lowest BCUT2D eigenvalue weighted by molar-refractivity contribution is -0.137. The fourth-order valence-corrected chi connectivity index (χ4v) is 6.43. The Labute approximate surface area is 180 Å². The number of fused-ring (bicyclic) bond motifs is 3. The third-order valence-corrected chi connectivity index (χ3v) is 7.98. The van der Waals surface area contributed by atoms with Crippen LogP contribution in [0.25, 0.3) is 11.0 Å². The number of pyridine rings is 1. The third kappa shape index (κ3) is 3.74. The maximum atomic E-state index is 12.6. The van der Waals surface area contributed by atoms with Crippen LogP contribution in [-0.4, -0.2) is 35.3 Å². The number of rotatable bonds is 5. The van der Waals surface area contributed by atoms with Crippen molar-refractivity contribution < 1.29 is 18.3 Å². The quantitative estimate of drug-likeness (QED) is 0.621. The van der Waals surface area contributed by atoms with Gasteiger partial charge in [-0.15, -0.1) is 0 Å². The van der Waals surface area contributed by atoms with Crippen LogP contribution in [0.1, 0.15) is 42.0 Å². The van der Waals surface area contributed by atoms with Gasteiger partial charge in [0.05, 0.1) is 16.7 Å². The fraction of sp³-hybridized carbons (Fsp3) is 0.364. The van der Waals surface area contributed by atoms with Crippen molar-refractivity contribution in [2.75, 3.05) is 6.26 Å². The summed E-state index contributed by atoms with van der Waals surface area (Å²) in [6, 6.07) is 7.70. The number of hydrogen-bond acceptors (Lipinski definition) is 5. The zero-order valence-corrected chi connectivity index (χ0v) is 18.8. The van der Waals surface area contributed by atoms with Crippen molar-refractivity contribution in [3.05, 3.63) is 47.3 Å². The first-order valence-corrected chi connectivity index (χ1v) is 12.6. The number of aliphatic carboxylic acids is 1. The van der Waals surface area contributed by atoms with E-state index in [1.165, 1.54) is 29.8 Å². The van der Waals surface area contributed by atoms with Gasteiger partial charge in [0.1, 0.15) is 5.65 Å². The minimum Gasteiger partial charge on any atom is -0.481 e. The van der Waals surface area contributed by atoms with E-state index in [0.29, 0.717) is 17.6 Å². The molecule has 1 atom stereocenters. The lowest BCUT2D eigenvalue weighted by Crippen LogP contribution is -2.18. The summed E-state index contributed by atoms with van der Waals surface area (Å²) in [4.78, 5) is 18.1. The Morgan fingerprint density at radius 1 is 1.27 bits per heavy atom. The molecule has 0 spiro atoms. The highest BCUT2D eigenvalue weighted by Gasteiger charge is 2.32. The molecule has 1 N–H and O–H groups in total. The SMILES string of the molecule is Cc1ccc(Sc2c3n(c4nccc(S(C)(=O)=O)c24)CCCC3CC(=O)O)cc1C. The molecule has 0 saturated heterocycles. The summed E-state index contributed by atoms with van der Waals surface area (Å²) in [6.45, 7) is 4.80. The van der Waals surface area contributed by atoms with Crippen LogP contribution in [0, 0.1) is 13.8 Å². The number of aromatic nitrogens is 2. The number of nitrogens with zero attached hydrogens (tertiary/aromatic N) is 2. The van der Waals surface area contributed by atoms with E-state index in [1.807, 2.05) is 30.5 Å². The third-order valence-electron chi connectivity index (χ3n) is 5.74. The van der Waals surface area contributed by atoms with Gasteiger partial charge in [-0.25, -0.2) is 13.4 Å². The van der Waals surface area contributed by atoms with Gasteiger partial charge in [-0.05, 0) is 56.0 Å². The summed E-state index contributed by atoms with van der Waals surface area (Å²) in [5.41, 5.74) is 3.85. The van der Waals surface area contributed by atoms with Gasteiger partial charge in [0.25, 0.3) is 0 Å². The van der Waals surface area contributed by atoms with Gasteiger partial charge in [-0.2, -0.15) is 0 Å². The number of hydrogen-bond donors (Lipinski definition) is 1. The highest BCUT2D eigenvalue weighted by atomic mass is 32.2. The highest BCUT2D eigenvalue weighted by Crippen LogP contribution is 2.47. The number of carboxylic acids is 1. The lowest BCUT2D eigenvalue weighted by Gasteiger charge is -2.25. The largest absolute Gasteiger partial charge is 0.481 e. The van der Waals surface area contributed by atoms with Crippen molar-refractivity contribution in [1.29, 1.82) is 0 Å². The van der Waals surface area contributed by atoms with E-state index in [9.17, 15) is 18.3 Å². The summed E-state index contributed by atoms with van der Waals surface area (Å²) in [5, 5.41) is 10.1. The molecule has 8 heteroatoms. The van der Waals surface area contributed by atoms with Gasteiger partial charge in [0, 0.05) is 40.4 Å². The molecule has 0 amide bonds. The molecule has 0 fully saturated rings. The van der Waals surface area contributed by atoms with Crippen molar-refractivity contribution in [3.8, 4) is 0 Å². The van der Waals surface area contributed by atoms with Gasteiger partial charge in [-0.3, -0.25) is 4.79 Å². The first-order chi connectivity index (χ1) is 14.2. The summed E-state index contributed by atoms with van der Waals surface area (Å²) >= 11 is 1.50. The van der Waals surface area contributed by atoms with Gasteiger partial charge in [0.2, 0.25) is 0 Å². The number of carbonyl (C=O) groups is 1. The van der Waals surface area contributed by atoms with Crippen molar-refractivity contribution >= 4 is 38.6 Å². The summed E-state index contributed by atoms with van der Waals surface area (Å²) in [7, 11) is -3.48. The number of carboxylic acid groups (broad SMARTS) is 1. The van der Waals surface area contributed by atoms with E-state index >= 15 is 0 Å². The van der Waals surface area contributed by atoms with E-state index in [4.69, 9.17) is 0 Å². The second-order valence-electron chi connectivity index (χ2n) is 7.93. The van der Waals surface area contributed by atoms with Crippen LogP contribution < -0.4 is 0 Å². The maximum absolute atomic E-state index is 12.6. The molecule has 0 aliphatic carbocycles. The van der Waals surface area contributed by atoms with Crippen LogP contribution >= 0.6 is 11.8 Å². The molecule has 1 aromatic carbocycles. The van der Waals surface area contributed by atoms with Crippen LogP contribution in [0.15, 0.2) is 45.1 Å². The Balaban J connectivity index is 2.02. The predicted octanol–water partition coefficient (Wildman–Crippen LogP) is 4.56. The van der Waals surface area contributed by atoms with E-state index in [2.05, 4.69) is 11.1 Å². The minimum absolute atomic E-state index is 0.0189. The van der Waals surface area contributed by atoms with Gasteiger partial charge < -0.3 is 9.67 Å². The first kappa shape index (κ1) is 20.9. The minimum atomic E-state index is -3.48. The highest BCUT2D eigenvalue weighted by molar-refractivity contribution is 7.99. The summed E-state index contributed by atoms with van der Waals surface area (Å²) in [5.74, 6) is -1.02. The summed E-state index contributed by atoms with van der Waals surface area (Å²) in [6.07, 6.45) is 4.35. The number of benzene rings is 1. The molecule has 30 heavy (non-hydrogen) atoms. The second-order valence-corrected chi connectivity index (χ2v) is 11.0. The van der Waals surface area contributed by atoms with Crippen molar-refractivity contribution in [2.24, 2.45) is 0 Å². The smallest absolute Gasteiger partial charge is 0.304 e. The molecule has 158 valence electrons. The molecule has 1 aliphatic rings. The molecule has 3 heterocycles. The average Bonchev–Trinajstić information content (AvgIpc) is 2.98. The Morgan fingerprint density at radius 2 is 2.03 bits per heavy atom. The van der Waals surface area contributed by atoms with Crippen molar-refractivity contribution in [1.82, 2.24) is 9.55 Å². The van der Waals surface area contributed by atoms with Crippen LogP contribution in [0.2, 0.25) is 0 Å². The van der Waals surface area contributed by atoms with Gasteiger partial charge in [0.15, 0.2) is 9.84 Å². The van der Waals surface area contributed by atoms with E-state index in [0.717, 1.165) is 33.9 Å². The number of sulfone groups is 1. The Hall–Kier alpha value is -2.32. The van der Waals surface area contributed by atoms with E-state index < -0.39 is 15.8 Å². The first-order valence-electron chi connectivity index (χ1n) is 9.85. The topological polar surface area (TPSA) is 89.3 Å². The standard InChI is InChI=1S/C22H24N2O4S2/c1-13-6-7-16(11-14(13)2)29-21-19-17(30(3,27)28)8-9-23-22(19)24-10-4-5-15(20(21)24)12-18(25)26/h6-9,11,15H,4-5,10,12H2,1-3H3,(H,25,26). The molecular formula is C22H24N2O4S2. The van der Waals surface area contributed by atoms with Gasteiger partial charge in [-0.1, -0.05) is 17.8 Å². The van der Waals surface area contributed by atoms with Crippen LogP contribution in [0.4, 0.5) is 0 Å². The van der Waals surface area contributed by atoms with Crippen molar-refractivity contribution in [3.63, 3.8) is 0 Å². The average molecular weight is 445 g/mol. The number of aryl methyl sites for hydroxylation is 3. The monoisotopic (exact) mass is 444 g/mol. The second kappa shape index (κ2) is 7.74. The Morgan fingerprint density at radius 3 is 2.70 bits per heavy atom.